The molecule has 14 heavy (non-hydrogen) atoms. The largest absolute Gasteiger partial charge is 0.316 e. The monoisotopic (exact) mass is 213 g/mol. The minimum Gasteiger partial charge on any atom is -0.316 e. The Labute approximate surface area is 92.4 Å². The van der Waals surface area contributed by atoms with Crippen LogP contribution in [0, 0.1) is 0 Å². The summed E-state index contributed by atoms with van der Waals surface area (Å²) in [5, 5.41) is 5.39. The third kappa shape index (κ3) is 2.66. The van der Waals surface area contributed by atoms with Crippen LogP contribution in [0.15, 0.2) is 0 Å². The lowest BCUT2D eigenvalue weighted by Gasteiger charge is -2.27. The Hall–Kier alpha value is 0.310. The minimum atomic E-state index is 0.807. The Bertz CT molecular complexity index is 166. The summed E-state index contributed by atoms with van der Waals surface area (Å²) in [5.41, 5.74) is 0. The SMILES string of the molecule is CNC1CCCC1SC1CCCCC1. The van der Waals surface area contributed by atoms with Gasteiger partial charge in [-0.05, 0) is 32.7 Å². The van der Waals surface area contributed by atoms with Crippen molar-refractivity contribution in [1.82, 2.24) is 5.32 Å². The van der Waals surface area contributed by atoms with Gasteiger partial charge in [-0.25, -0.2) is 0 Å². The summed E-state index contributed by atoms with van der Waals surface area (Å²) in [7, 11) is 2.13. The predicted octanol–water partition coefficient (Wildman–Crippen LogP) is 3.19. The molecule has 0 aliphatic heterocycles. The van der Waals surface area contributed by atoms with Crippen molar-refractivity contribution in [3.63, 3.8) is 0 Å². The van der Waals surface area contributed by atoms with Crippen molar-refractivity contribution in [3.8, 4) is 0 Å². The van der Waals surface area contributed by atoms with E-state index in [4.69, 9.17) is 0 Å². The number of hydrogen-bond acceptors (Lipinski definition) is 2. The molecule has 2 fully saturated rings. The Balaban J connectivity index is 1.77. The van der Waals surface area contributed by atoms with Crippen molar-refractivity contribution in [2.75, 3.05) is 7.05 Å². The predicted molar refractivity (Wildman–Crippen MR) is 65.0 cm³/mol. The lowest BCUT2D eigenvalue weighted by atomic mass is 10.0. The van der Waals surface area contributed by atoms with Gasteiger partial charge in [-0.3, -0.25) is 0 Å². The fraction of sp³-hybridized carbons (Fsp3) is 1.00. The third-order valence-corrected chi connectivity index (χ3v) is 5.51. The van der Waals surface area contributed by atoms with Crippen LogP contribution in [0.5, 0.6) is 0 Å². The number of hydrogen-bond donors (Lipinski definition) is 1. The summed E-state index contributed by atoms with van der Waals surface area (Å²) in [6.45, 7) is 0. The third-order valence-electron chi connectivity index (χ3n) is 3.74. The van der Waals surface area contributed by atoms with Gasteiger partial charge in [0.05, 0.1) is 0 Å². The van der Waals surface area contributed by atoms with Gasteiger partial charge in [0.25, 0.3) is 0 Å². The van der Waals surface area contributed by atoms with Crippen LogP contribution >= 0.6 is 11.8 Å². The molecule has 0 heterocycles. The van der Waals surface area contributed by atoms with Crippen molar-refractivity contribution in [3.05, 3.63) is 0 Å². The maximum atomic E-state index is 3.48. The molecule has 1 nitrogen and oxygen atoms in total. The average molecular weight is 213 g/mol. The zero-order chi connectivity index (χ0) is 9.80. The highest BCUT2D eigenvalue weighted by Crippen LogP contribution is 2.37. The van der Waals surface area contributed by atoms with E-state index in [2.05, 4.69) is 24.1 Å². The van der Waals surface area contributed by atoms with Gasteiger partial charge in [0.2, 0.25) is 0 Å². The molecule has 0 saturated heterocycles. The Morgan fingerprint density at radius 2 is 1.71 bits per heavy atom. The van der Waals surface area contributed by atoms with Gasteiger partial charge >= 0.3 is 0 Å². The molecular weight excluding hydrogens is 190 g/mol. The van der Waals surface area contributed by atoms with Crippen molar-refractivity contribution >= 4 is 11.8 Å². The van der Waals surface area contributed by atoms with E-state index in [0.717, 1.165) is 16.5 Å². The zero-order valence-corrected chi connectivity index (χ0v) is 10.1. The quantitative estimate of drug-likeness (QED) is 0.772. The van der Waals surface area contributed by atoms with Gasteiger partial charge in [0.15, 0.2) is 0 Å². The summed E-state index contributed by atoms with van der Waals surface area (Å²) in [4.78, 5) is 0. The summed E-state index contributed by atoms with van der Waals surface area (Å²) in [5.74, 6) is 0. The first kappa shape index (κ1) is 10.8. The van der Waals surface area contributed by atoms with Crippen molar-refractivity contribution in [2.24, 2.45) is 0 Å². The van der Waals surface area contributed by atoms with E-state index in [1.807, 2.05) is 0 Å². The number of rotatable bonds is 3. The minimum absolute atomic E-state index is 0.807. The molecule has 2 saturated carbocycles. The molecule has 2 aliphatic rings. The Morgan fingerprint density at radius 3 is 2.43 bits per heavy atom. The van der Waals surface area contributed by atoms with Gasteiger partial charge in [-0.15, -0.1) is 0 Å². The smallest absolute Gasteiger partial charge is 0.0203 e. The average Bonchev–Trinajstić information content (AvgIpc) is 2.67. The van der Waals surface area contributed by atoms with Crippen LogP contribution in [0.25, 0.3) is 0 Å². The van der Waals surface area contributed by atoms with Crippen molar-refractivity contribution in [1.29, 1.82) is 0 Å². The molecular formula is C12H23NS. The molecule has 0 bridgehead atoms. The van der Waals surface area contributed by atoms with Crippen LogP contribution < -0.4 is 5.32 Å². The van der Waals surface area contributed by atoms with Gasteiger partial charge in [0.1, 0.15) is 0 Å². The van der Waals surface area contributed by atoms with Crippen LogP contribution in [-0.4, -0.2) is 23.6 Å². The van der Waals surface area contributed by atoms with Crippen molar-refractivity contribution in [2.45, 2.75) is 67.9 Å². The molecule has 0 aromatic heterocycles. The summed E-state index contributed by atoms with van der Waals surface area (Å²) in [6, 6.07) is 0.807. The fourth-order valence-corrected chi connectivity index (χ4v) is 4.73. The second-order valence-electron chi connectivity index (χ2n) is 4.76. The van der Waals surface area contributed by atoms with E-state index < -0.39 is 0 Å². The van der Waals surface area contributed by atoms with E-state index >= 15 is 0 Å². The summed E-state index contributed by atoms with van der Waals surface area (Å²) in [6.07, 6.45) is 11.7. The Kier molecular flexibility index (Phi) is 4.18. The van der Waals surface area contributed by atoms with Gasteiger partial charge in [-0.1, -0.05) is 25.7 Å². The van der Waals surface area contributed by atoms with Crippen LogP contribution in [0.3, 0.4) is 0 Å². The van der Waals surface area contributed by atoms with E-state index in [1.54, 1.807) is 0 Å². The lowest BCUT2D eigenvalue weighted by molar-refractivity contribution is 0.511. The molecule has 1 N–H and O–H groups in total. The number of nitrogens with one attached hydrogen (secondary N) is 1. The molecule has 2 aliphatic carbocycles. The molecule has 0 spiro atoms. The molecule has 2 heteroatoms. The normalized spacial score (nSPS) is 34.9. The topological polar surface area (TPSA) is 12.0 Å². The number of thioether (sulfide) groups is 1. The highest BCUT2D eigenvalue weighted by atomic mass is 32.2. The molecule has 2 atom stereocenters. The molecule has 0 aromatic rings. The maximum Gasteiger partial charge on any atom is 0.0203 e. The maximum absolute atomic E-state index is 3.48. The standard InChI is InChI=1S/C12H23NS/c1-13-11-8-5-9-12(11)14-10-6-3-2-4-7-10/h10-13H,2-9H2,1H3. The lowest BCUT2D eigenvalue weighted by Crippen LogP contribution is -2.32. The van der Waals surface area contributed by atoms with Gasteiger partial charge < -0.3 is 5.32 Å². The molecule has 0 radical (unpaired) electrons. The first-order valence-corrected chi connectivity index (χ1v) is 7.17. The zero-order valence-electron chi connectivity index (χ0n) is 9.30. The van der Waals surface area contributed by atoms with Crippen LogP contribution in [0.2, 0.25) is 0 Å². The second kappa shape index (κ2) is 5.41. The highest BCUT2D eigenvalue weighted by Gasteiger charge is 2.29. The molecule has 2 unspecified atom stereocenters. The van der Waals surface area contributed by atoms with Gasteiger partial charge in [-0.2, -0.15) is 11.8 Å². The first-order chi connectivity index (χ1) is 6.90. The van der Waals surface area contributed by atoms with Crippen LogP contribution in [-0.2, 0) is 0 Å². The van der Waals surface area contributed by atoms with E-state index in [0.29, 0.717) is 0 Å². The van der Waals surface area contributed by atoms with Crippen LogP contribution in [0.4, 0.5) is 0 Å². The second-order valence-corrected chi connectivity index (χ2v) is 6.30. The van der Waals surface area contributed by atoms with Crippen molar-refractivity contribution < 1.29 is 0 Å². The van der Waals surface area contributed by atoms with E-state index in [1.165, 1.54) is 51.4 Å². The summed E-state index contributed by atoms with van der Waals surface area (Å²) >= 11 is 2.30. The highest BCUT2D eigenvalue weighted by molar-refractivity contribution is 8.00. The summed E-state index contributed by atoms with van der Waals surface area (Å²) < 4.78 is 0. The molecule has 2 rings (SSSR count). The van der Waals surface area contributed by atoms with E-state index in [9.17, 15) is 0 Å². The fourth-order valence-electron chi connectivity index (χ4n) is 2.87. The van der Waals surface area contributed by atoms with E-state index in [-0.39, 0.29) is 0 Å². The molecule has 0 amide bonds. The van der Waals surface area contributed by atoms with Gasteiger partial charge in [0, 0.05) is 16.5 Å². The molecule has 0 aromatic carbocycles. The molecule has 82 valence electrons. The van der Waals surface area contributed by atoms with Crippen LogP contribution in [0.1, 0.15) is 51.4 Å². The Morgan fingerprint density at radius 1 is 0.929 bits per heavy atom. The first-order valence-electron chi connectivity index (χ1n) is 6.23.